The number of carbonyl (C=O) groups is 1. The Kier molecular flexibility index (Phi) is 5.58. The van der Waals surface area contributed by atoms with Gasteiger partial charge < -0.3 is 10.2 Å². The third kappa shape index (κ3) is 4.19. The highest BCUT2D eigenvalue weighted by atomic mass is 32.1. The summed E-state index contributed by atoms with van der Waals surface area (Å²) in [6.07, 6.45) is 6.26. The second-order valence-electron chi connectivity index (χ2n) is 6.43. The number of aromatic nitrogens is 2. The molecule has 0 atom stereocenters. The zero-order chi connectivity index (χ0) is 16.9. The van der Waals surface area contributed by atoms with Gasteiger partial charge in [-0.1, -0.05) is 0 Å². The van der Waals surface area contributed by atoms with Crippen molar-refractivity contribution in [3.8, 4) is 0 Å². The monoisotopic (exact) mass is 344 g/mol. The van der Waals surface area contributed by atoms with E-state index in [1.165, 1.54) is 5.01 Å². The van der Waals surface area contributed by atoms with Gasteiger partial charge in [-0.15, -0.1) is 11.3 Å². The molecule has 2 aromatic heterocycles. The maximum atomic E-state index is 12.5. The highest BCUT2D eigenvalue weighted by Crippen LogP contribution is 2.28. The average molecular weight is 344 g/mol. The highest BCUT2D eigenvalue weighted by molar-refractivity contribution is 7.09. The number of carbonyl (C=O) groups excluding carboxylic acids is 1. The molecule has 0 aliphatic carbocycles. The molecule has 0 radical (unpaired) electrons. The van der Waals surface area contributed by atoms with Crippen molar-refractivity contribution in [1.82, 2.24) is 20.2 Å². The SMILES string of the molecule is Cc1cnccc1CN(C)C(=O)Cc1csc(C2CCNCC2)n1. The molecule has 3 heterocycles. The topological polar surface area (TPSA) is 58.1 Å². The van der Waals surface area contributed by atoms with Crippen LogP contribution in [0.3, 0.4) is 0 Å². The first-order chi connectivity index (χ1) is 11.6. The van der Waals surface area contributed by atoms with Gasteiger partial charge >= 0.3 is 0 Å². The summed E-state index contributed by atoms with van der Waals surface area (Å²) in [5.41, 5.74) is 3.14. The van der Waals surface area contributed by atoms with Gasteiger partial charge in [0.15, 0.2) is 0 Å². The molecule has 3 rings (SSSR count). The Bertz CT molecular complexity index is 694. The van der Waals surface area contributed by atoms with Crippen molar-refractivity contribution >= 4 is 17.2 Å². The number of piperidine rings is 1. The summed E-state index contributed by atoms with van der Waals surface area (Å²) in [4.78, 5) is 23.1. The van der Waals surface area contributed by atoms with Crippen LogP contribution in [0.5, 0.6) is 0 Å². The lowest BCUT2D eigenvalue weighted by Crippen LogP contribution is -2.28. The van der Waals surface area contributed by atoms with Crippen LogP contribution in [0.15, 0.2) is 23.8 Å². The number of hydrogen-bond donors (Lipinski definition) is 1. The van der Waals surface area contributed by atoms with Gasteiger partial charge in [-0.25, -0.2) is 4.98 Å². The zero-order valence-electron chi connectivity index (χ0n) is 14.3. The lowest BCUT2D eigenvalue weighted by molar-refractivity contribution is -0.129. The van der Waals surface area contributed by atoms with Crippen LogP contribution >= 0.6 is 11.3 Å². The van der Waals surface area contributed by atoms with Crippen LogP contribution in [0.25, 0.3) is 0 Å². The number of hydrogen-bond acceptors (Lipinski definition) is 5. The van der Waals surface area contributed by atoms with Gasteiger partial charge in [-0.3, -0.25) is 9.78 Å². The van der Waals surface area contributed by atoms with E-state index >= 15 is 0 Å². The van der Waals surface area contributed by atoms with E-state index in [4.69, 9.17) is 4.98 Å². The summed E-state index contributed by atoms with van der Waals surface area (Å²) >= 11 is 1.70. The third-order valence-corrected chi connectivity index (χ3v) is 5.62. The van der Waals surface area contributed by atoms with Crippen molar-refractivity contribution in [2.24, 2.45) is 0 Å². The molecule has 1 amide bonds. The number of aryl methyl sites for hydroxylation is 1. The molecular weight excluding hydrogens is 320 g/mol. The van der Waals surface area contributed by atoms with Gasteiger partial charge in [0.25, 0.3) is 0 Å². The fourth-order valence-corrected chi connectivity index (χ4v) is 3.96. The Balaban J connectivity index is 1.58. The zero-order valence-corrected chi connectivity index (χ0v) is 15.1. The summed E-state index contributed by atoms with van der Waals surface area (Å²) in [7, 11) is 1.85. The second-order valence-corrected chi connectivity index (χ2v) is 7.32. The van der Waals surface area contributed by atoms with Crippen LogP contribution in [0.4, 0.5) is 0 Å². The van der Waals surface area contributed by atoms with Crippen molar-refractivity contribution < 1.29 is 4.79 Å². The second kappa shape index (κ2) is 7.85. The molecule has 5 nitrogen and oxygen atoms in total. The molecule has 6 heteroatoms. The fourth-order valence-electron chi connectivity index (χ4n) is 2.97. The van der Waals surface area contributed by atoms with Crippen molar-refractivity contribution in [2.45, 2.75) is 38.6 Å². The molecule has 0 bridgehead atoms. The average Bonchev–Trinajstić information content (AvgIpc) is 3.06. The minimum atomic E-state index is 0.105. The Hall–Kier alpha value is -1.79. The molecule has 1 aliphatic heterocycles. The van der Waals surface area contributed by atoms with Crippen LogP contribution < -0.4 is 5.32 Å². The predicted molar refractivity (Wildman–Crippen MR) is 96.1 cm³/mol. The summed E-state index contributed by atoms with van der Waals surface area (Å²) in [6, 6.07) is 1.97. The summed E-state index contributed by atoms with van der Waals surface area (Å²) in [5.74, 6) is 0.658. The molecule has 0 saturated carbocycles. The number of nitrogens with one attached hydrogen (secondary N) is 1. The van der Waals surface area contributed by atoms with Gasteiger partial charge in [-0.05, 0) is 50.0 Å². The van der Waals surface area contributed by atoms with E-state index in [0.29, 0.717) is 18.9 Å². The van der Waals surface area contributed by atoms with E-state index in [0.717, 1.165) is 42.8 Å². The molecule has 1 saturated heterocycles. The van der Waals surface area contributed by atoms with Gasteiger partial charge in [0.1, 0.15) is 0 Å². The summed E-state index contributed by atoms with van der Waals surface area (Å²) < 4.78 is 0. The van der Waals surface area contributed by atoms with Gasteiger partial charge in [0, 0.05) is 37.3 Å². The van der Waals surface area contributed by atoms with Crippen molar-refractivity contribution in [3.63, 3.8) is 0 Å². The van der Waals surface area contributed by atoms with Crippen molar-refractivity contribution in [2.75, 3.05) is 20.1 Å². The molecule has 24 heavy (non-hydrogen) atoms. The minimum absolute atomic E-state index is 0.105. The molecule has 0 unspecified atom stereocenters. The number of rotatable bonds is 5. The quantitative estimate of drug-likeness (QED) is 0.905. The largest absolute Gasteiger partial charge is 0.341 e. The van der Waals surface area contributed by atoms with Crippen LogP contribution in [0.2, 0.25) is 0 Å². The van der Waals surface area contributed by atoms with Crippen LogP contribution in [-0.4, -0.2) is 40.9 Å². The summed E-state index contributed by atoms with van der Waals surface area (Å²) in [6.45, 7) is 4.75. The molecule has 1 N–H and O–H groups in total. The number of likely N-dealkylation sites (N-methyl/N-ethyl adjacent to an activating group) is 1. The number of nitrogens with zero attached hydrogens (tertiary/aromatic N) is 3. The van der Waals surface area contributed by atoms with E-state index in [1.54, 1.807) is 22.4 Å². The van der Waals surface area contributed by atoms with Gasteiger partial charge in [0.05, 0.1) is 17.1 Å². The first-order valence-corrected chi connectivity index (χ1v) is 9.30. The number of amides is 1. The standard InChI is InChI=1S/C18H24N4OS/c1-13-10-20-8-5-15(13)11-22(2)17(23)9-16-12-24-18(21-16)14-3-6-19-7-4-14/h5,8,10,12,14,19H,3-4,6-7,9,11H2,1-2H3. The molecule has 1 fully saturated rings. The van der Waals surface area contributed by atoms with E-state index in [9.17, 15) is 4.79 Å². The maximum absolute atomic E-state index is 12.5. The normalized spacial score (nSPS) is 15.4. The summed E-state index contributed by atoms with van der Waals surface area (Å²) in [5, 5.41) is 6.61. The highest BCUT2D eigenvalue weighted by Gasteiger charge is 2.20. The minimum Gasteiger partial charge on any atom is -0.341 e. The molecule has 128 valence electrons. The van der Waals surface area contributed by atoms with E-state index < -0.39 is 0 Å². The van der Waals surface area contributed by atoms with E-state index in [2.05, 4.69) is 10.3 Å². The number of thiazole rings is 1. The van der Waals surface area contributed by atoms with Crippen LogP contribution in [0.1, 0.15) is 40.6 Å². The van der Waals surface area contributed by atoms with E-state index in [-0.39, 0.29) is 5.91 Å². The first kappa shape index (κ1) is 17.0. The van der Waals surface area contributed by atoms with Gasteiger partial charge in [-0.2, -0.15) is 0 Å². The molecule has 0 spiro atoms. The first-order valence-electron chi connectivity index (χ1n) is 8.42. The Morgan fingerprint density at radius 1 is 1.42 bits per heavy atom. The predicted octanol–water partition coefficient (Wildman–Crippen LogP) is 2.51. The number of pyridine rings is 1. The Morgan fingerprint density at radius 2 is 2.21 bits per heavy atom. The Morgan fingerprint density at radius 3 is 2.96 bits per heavy atom. The molecule has 2 aromatic rings. The fraction of sp³-hybridized carbons (Fsp3) is 0.500. The Labute approximate surface area is 147 Å². The van der Waals surface area contributed by atoms with Crippen molar-refractivity contribution in [1.29, 1.82) is 0 Å². The molecule has 1 aliphatic rings. The maximum Gasteiger partial charge on any atom is 0.228 e. The van der Waals surface area contributed by atoms with Crippen molar-refractivity contribution in [3.05, 3.63) is 45.7 Å². The van der Waals surface area contributed by atoms with Gasteiger partial charge in [0.2, 0.25) is 5.91 Å². The lowest BCUT2D eigenvalue weighted by atomic mass is 9.99. The third-order valence-electron chi connectivity index (χ3n) is 4.56. The van der Waals surface area contributed by atoms with E-state index in [1.807, 2.05) is 31.6 Å². The van der Waals surface area contributed by atoms with Crippen LogP contribution in [0, 0.1) is 6.92 Å². The van der Waals surface area contributed by atoms with Crippen LogP contribution in [-0.2, 0) is 17.8 Å². The molecular formula is C18H24N4OS. The lowest BCUT2D eigenvalue weighted by Gasteiger charge is -2.20. The smallest absolute Gasteiger partial charge is 0.228 e. The molecule has 0 aromatic carbocycles.